The summed E-state index contributed by atoms with van der Waals surface area (Å²) in [7, 11) is -3.65. The molecule has 7 nitrogen and oxygen atoms in total. The Bertz CT molecular complexity index is 487. The van der Waals surface area contributed by atoms with Gasteiger partial charge in [-0.25, -0.2) is 12.7 Å². The van der Waals surface area contributed by atoms with Crippen molar-refractivity contribution < 1.29 is 23.1 Å². The number of carbonyl (C=O) groups excluding carboxylic acids is 1. The van der Waals surface area contributed by atoms with Gasteiger partial charge in [-0.2, -0.15) is 0 Å². The third-order valence-electron chi connectivity index (χ3n) is 4.09. The summed E-state index contributed by atoms with van der Waals surface area (Å²) >= 11 is 0. The summed E-state index contributed by atoms with van der Waals surface area (Å²) in [6, 6.07) is -0.487. The third-order valence-corrected chi connectivity index (χ3v) is 6.02. The maximum atomic E-state index is 12.1. The number of sulfonamides is 1. The first kappa shape index (κ1) is 18.9. The summed E-state index contributed by atoms with van der Waals surface area (Å²) in [6.45, 7) is 4.05. The van der Waals surface area contributed by atoms with E-state index in [2.05, 4.69) is 5.32 Å². The lowest BCUT2D eigenvalue weighted by atomic mass is 9.95. The molecule has 0 spiro atoms. The molecule has 0 heterocycles. The largest absolute Gasteiger partial charge is 0.481 e. The number of amides is 1. The Morgan fingerprint density at radius 1 is 1.14 bits per heavy atom. The van der Waals surface area contributed by atoms with E-state index in [1.807, 2.05) is 0 Å². The Balaban J connectivity index is 2.71. The normalized spacial score (nSPS) is 23.0. The van der Waals surface area contributed by atoms with Crippen molar-refractivity contribution >= 4 is 21.9 Å². The number of hydrogen-bond acceptors (Lipinski definition) is 4. The van der Waals surface area contributed by atoms with Gasteiger partial charge in [0.15, 0.2) is 0 Å². The first-order valence-electron chi connectivity index (χ1n) is 7.81. The monoisotopic (exact) mass is 334 g/mol. The van der Waals surface area contributed by atoms with E-state index in [-0.39, 0.29) is 0 Å². The average Bonchev–Trinajstić information content (AvgIpc) is 2.64. The lowest BCUT2D eigenvalue weighted by molar-refractivity contribution is -0.143. The Labute approximate surface area is 132 Å². The molecular formula is C14H26N2O5S. The van der Waals surface area contributed by atoms with E-state index in [1.165, 1.54) is 4.31 Å². The number of nitrogens with one attached hydrogen (secondary N) is 1. The number of rotatable bonds is 7. The van der Waals surface area contributed by atoms with Crippen LogP contribution in [0.2, 0.25) is 0 Å². The van der Waals surface area contributed by atoms with Crippen LogP contribution in [0.25, 0.3) is 0 Å². The molecule has 0 aromatic heterocycles. The van der Waals surface area contributed by atoms with Gasteiger partial charge in [0.2, 0.25) is 15.9 Å². The van der Waals surface area contributed by atoms with Crippen LogP contribution in [0, 0.1) is 5.92 Å². The van der Waals surface area contributed by atoms with Gasteiger partial charge in [-0.15, -0.1) is 0 Å². The lowest BCUT2D eigenvalue weighted by Gasteiger charge is -2.24. The quantitative estimate of drug-likeness (QED) is 0.671. The van der Waals surface area contributed by atoms with Crippen LogP contribution in [0.4, 0.5) is 0 Å². The van der Waals surface area contributed by atoms with Gasteiger partial charge >= 0.3 is 5.97 Å². The molecule has 1 saturated carbocycles. The minimum atomic E-state index is -3.65. The molecular weight excluding hydrogens is 308 g/mol. The van der Waals surface area contributed by atoms with E-state index in [0.717, 1.165) is 19.3 Å². The second-order valence-corrected chi connectivity index (χ2v) is 7.57. The van der Waals surface area contributed by atoms with Crippen LogP contribution in [0.5, 0.6) is 0 Å². The Morgan fingerprint density at radius 2 is 1.73 bits per heavy atom. The Kier molecular flexibility index (Phi) is 7.28. The molecule has 22 heavy (non-hydrogen) atoms. The number of hydrogen-bond donors (Lipinski definition) is 2. The van der Waals surface area contributed by atoms with E-state index >= 15 is 0 Å². The van der Waals surface area contributed by atoms with Gasteiger partial charge in [-0.05, 0) is 12.8 Å². The maximum absolute atomic E-state index is 12.1. The molecule has 0 bridgehead atoms. The molecule has 0 saturated heterocycles. The van der Waals surface area contributed by atoms with E-state index in [9.17, 15) is 23.1 Å². The molecule has 0 unspecified atom stereocenters. The zero-order valence-corrected chi connectivity index (χ0v) is 14.1. The molecule has 2 N–H and O–H groups in total. The predicted octanol–water partition coefficient (Wildman–Crippen LogP) is 0.808. The number of aliphatic carboxylic acids is 1. The summed E-state index contributed by atoms with van der Waals surface area (Å²) in [6.07, 6.45) is 3.70. The molecule has 1 aliphatic rings. The van der Waals surface area contributed by atoms with Gasteiger partial charge in [0.1, 0.15) is 5.75 Å². The van der Waals surface area contributed by atoms with Crippen LogP contribution in [0.15, 0.2) is 0 Å². The van der Waals surface area contributed by atoms with Gasteiger partial charge < -0.3 is 10.4 Å². The molecule has 128 valence electrons. The summed E-state index contributed by atoms with van der Waals surface area (Å²) in [4.78, 5) is 23.3. The lowest BCUT2D eigenvalue weighted by Crippen LogP contribution is -2.46. The van der Waals surface area contributed by atoms with Crippen molar-refractivity contribution in [1.29, 1.82) is 0 Å². The zero-order chi connectivity index (χ0) is 16.8. The summed E-state index contributed by atoms with van der Waals surface area (Å²) in [5.41, 5.74) is 0. The van der Waals surface area contributed by atoms with Crippen molar-refractivity contribution in [2.24, 2.45) is 5.92 Å². The van der Waals surface area contributed by atoms with Crippen molar-refractivity contribution in [3.8, 4) is 0 Å². The summed E-state index contributed by atoms with van der Waals surface area (Å²) < 4.78 is 25.4. The fourth-order valence-corrected chi connectivity index (χ4v) is 4.28. The minimum Gasteiger partial charge on any atom is -0.481 e. The second-order valence-electron chi connectivity index (χ2n) is 5.60. The van der Waals surface area contributed by atoms with Crippen LogP contribution in [0.3, 0.4) is 0 Å². The highest BCUT2D eigenvalue weighted by atomic mass is 32.2. The van der Waals surface area contributed by atoms with E-state index in [4.69, 9.17) is 0 Å². The van der Waals surface area contributed by atoms with Crippen LogP contribution < -0.4 is 5.32 Å². The van der Waals surface area contributed by atoms with Crippen molar-refractivity contribution in [2.45, 2.75) is 52.0 Å². The number of carbonyl (C=O) groups is 2. The molecule has 0 aromatic carbocycles. The average molecular weight is 334 g/mol. The fourth-order valence-electron chi connectivity index (χ4n) is 2.90. The number of nitrogens with zero attached hydrogens (tertiary/aromatic N) is 1. The van der Waals surface area contributed by atoms with Crippen LogP contribution >= 0.6 is 0 Å². The number of carboxylic acids is 1. The molecule has 1 aliphatic carbocycles. The first-order chi connectivity index (χ1) is 10.3. The van der Waals surface area contributed by atoms with Crippen molar-refractivity contribution in [3.05, 3.63) is 0 Å². The van der Waals surface area contributed by atoms with E-state index in [0.29, 0.717) is 25.9 Å². The van der Waals surface area contributed by atoms with Crippen molar-refractivity contribution in [2.75, 3.05) is 18.8 Å². The first-order valence-corrected chi connectivity index (χ1v) is 9.42. The summed E-state index contributed by atoms with van der Waals surface area (Å²) in [5.74, 6) is -2.82. The highest BCUT2D eigenvalue weighted by molar-refractivity contribution is 7.89. The second kappa shape index (κ2) is 8.47. The van der Waals surface area contributed by atoms with E-state index in [1.54, 1.807) is 13.8 Å². The molecule has 1 amide bonds. The maximum Gasteiger partial charge on any atom is 0.308 e. The van der Waals surface area contributed by atoms with Gasteiger partial charge in [-0.3, -0.25) is 9.59 Å². The summed E-state index contributed by atoms with van der Waals surface area (Å²) in [5, 5.41) is 11.9. The Morgan fingerprint density at radius 3 is 2.27 bits per heavy atom. The highest BCUT2D eigenvalue weighted by Crippen LogP contribution is 2.23. The Hall–Kier alpha value is -1.15. The van der Waals surface area contributed by atoms with Crippen molar-refractivity contribution in [1.82, 2.24) is 9.62 Å². The van der Waals surface area contributed by atoms with Crippen LogP contribution in [-0.4, -0.2) is 54.6 Å². The van der Waals surface area contributed by atoms with Crippen LogP contribution in [-0.2, 0) is 19.6 Å². The molecule has 0 radical (unpaired) electrons. The molecule has 0 aliphatic heterocycles. The zero-order valence-electron chi connectivity index (χ0n) is 13.2. The SMILES string of the molecule is CCN(CC)S(=O)(=O)CC(=O)N[C@H]1CCCCC[C@H]1C(=O)O. The van der Waals surface area contributed by atoms with Crippen LogP contribution in [0.1, 0.15) is 46.0 Å². The number of carboxylic acid groups (broad SMARTS) is 1. The highest BCUT2D eigenvalue weighted by Gasteiger charge is 2.32. The topological polar surface area (TPSA) is 104 Å². The molecule has 1 fully saturated rings. The van der Waals surface area contributed by atoms with Gasteiger partial charge in [-0.1, -0.05) is 33.1 Å². The third kappa shape index (κ3) is 5.24. The van der Waals surface area contributed by atoms with Gasteiger partial charge in [0.25, 0.3) is 0 Å². The molecule has 8 heteroatoms. The minimum absolute atomic E-state index is 0.313. The smallest absolute Gasteiger partial charge is 0.308 e. The molecule has 1 rings (SSSR count). The fraction of sp³-hybridized carbons (Fsp3) is 0.857. The van der Waals surface area contributed by atoms with E-state index < -0.39 is 39.6 Å². The standard InChI is InChI=1S/C14H26N2O5S/c1-3-16(4-2)22(20,21)10-13(17)15-12-9-7-5-6-8-11(12)14(18)19/h11-12H,3-10H2,1-2H3,(H,15,17)(H,18,19)/t11-,12+/m1/s1. The molecule has 2 atom stereocenters. The van der Waals surface area contributed by atoms with Crippen molar-refractivity contribution in [3.63, 3.8) is 0 Å². The predicted molar refractivity (Wildman–Crippen MR) is 82.8 cm³/mol. The molecule has 0 aromatic rings. The van der Waals surface area contributed by atoms with Gasteiger partial charge in [0.05, 0.1) is 5.92 Å². The van der Waals surface area contributed by atoms with Gasteiger partial charge in [0, 0.05) is 19.1 Å².